The number of likely N-dealkylation sites (N-methyl/N-ethyl adjacent to an activating group) is 1. The topological polar surface area (TPSA) is 53.5 Å². The van der Waals surface area contributed by atoms with E-state index in [1.807, 2.05) is 43.5 Å². The summed E-state index contributed by atoms with van der Waals surface area (Å²) < 4.78 is 5.46. The summed E-state index contributed by atoms with van der Waals surface area (Å²) in [6.07, 6.45) is 1.81. The van der Waals surface area contributed by atoms with Crippen molar-refractivity contribution in [3.8, 4) is 5.75 Å². The average Bonchev–Trinajstić information content (AvgIpc) is 2.64. The summed E-state index contributed by atoms with van der Waals surface area (Å²) in [7, 11) is 0. The van der Waals surface area contributed by atoms with Gasteiger partial charge in [-0.05, 0) is 43.8 Å². The highest BCUT2D eigenvalue weighted by molar-refractivity contribution is 5.56. The van der Waals surface area contributed by atoms with Gasteiger partial charge in [-0.2, -0.15) is 4.98 Å². The number of anilines is 3. The first-order valence-electron chi connectivity index (χ1n) is 8.58. The molecule has 24 heavy (non-hydrogen) atoms. The predicted octanol–water partition coefficient (Wildman–Crippen LogP) is 2.76. The van der Waals surface area contributed by atoms with Crippen molar-refractivity contribution in [3.63, 3.8) is 0 Å². The summed E-state index contributed by atoms with van der Waals surface area (Å²) in [5.41, 5.74) is 0.950. The van der Waals surface area contributed by atoms with Gasteiger partial charge in [0, 0.05) is 38.1 Å². The summed E-state index contributed by atoms with van der Waals surface area (Å²) in [6.45, 7) is 10.2. The number of nitrogens with zero attached hydrogens (tertiary/aromatic N) is 4. The summed E-state index contributed by atoms with van der Waals surface area (Å²) in [4.78, 5) is 13.8. The number of rotatable bonds is 6. The molecule has 2 aromatic rings. The molecule has 1 aromatic carbocycles. The van der Waals surface area contributed by atoms with Crippen LogP contribution >= 0.6 is 0 Å². The quantitative estimate of drug-likeness (QED) is 0.880. The number of hydrogen-bond donors (Lipinski definition) is 1. The van der Waals surface area contributed by atoms with E-state index in [4.69, 9.17) is 4.74 Å². The normalized spacial score (nSPS) is 15.3. The minimum absolute atomic E-state index is 0.620. The van der Waals surface area contributed by atoms with E-state index >= 15 is 0 Å². The molecule has 1 N–H and O–H groups in total. The van der Waals surface area contributed by atoms with Gasteiger partial charge in [-0.3, -0.25) is 0 Å². The molecule has 1 saturated heterocycles. The maximum atomic E-state index is 5.46. The summed E-state index contributed by atoms with van der Waals surface area (Å²) in [5, 5.41) is 3.26. The molecule has 0 radical (unpaired) electrons. The van der Waals surface area contributed by atoms with Crippen LogP contribution in [0.25, 0.3) is 0 Å². The molecular weight excluding hydrogens is 302 g/mol. The lowest BCUT2D eigenvalue weighted by molar-refractivity contribution is 0.270. The number of hydrogen-bond acceptors (Lipinski definition) is 6. The molecule has 1 fully saturated rings. The van der Waals surface area contributed by atoms with Gasteiger partial charge in [-0.1, -0.05) is 6.92 Å². The molecule has 0 unspecified atom stereocenters. The van der Waals surface area contributed by atoms with Gasteiger partial charge in [0.05, 0.1) is 6.61 Å². The van der Waals surface area contributed by atoms with E-state index in [0.29, 0.717) is 12.6 Å². The van der Waals surface area contributed by atoms with Crippen molar-refractivity contribution in [2.45, 2.75) is 13.8 Å². The van der Waals surface area contributed by atoms with E-state index in [-0.39, 0.29) is 0 Å². The highest BCUT2D eigenvalue weighted by Gasteiger charge is 2.17. The molecular formula is C18H25N5O. The second-order valence-electron chi connectivity index (χ2n) is 5.74. The van der Waals surface area contributed by atoms with Crippen LogP contribution in [0.3, 0.4) is 0 Å². The number of benzene rings is 1. The third-order valence-electron chi connectivity index (χ3n) is 4.21. The third-order valence-corrected chi connectivity index (χ3v) is 4.21. The number of nitrogens with one attached hydrogen (secondary N) is 1. The smallest absolute Gasteiger partial charge is 0.229 e. The Morgan fingerprint density at radius 2 is 1.79 bits per heavy atom. The molecule has 3 rings (SSSR count). The molecule has 0 atom stereocenters. The van der Waals surface area contributed by atoms with Crippen LogP contribution in [0, 0.1) is 0 Å². The van der Waals surface area contributed by atoms with Crippen LogP contribution in [0.4, 0.5) is 17.5 Å². The van der Waals surface area contributed by atoms with E-state index < -0.39 is 0 Å². The molecule has 0 saturated carbocycles. The van der Waals surface area contributed by atoms with E-state index in [1.54, 1.807) is 0 Å². The standard InChI is InChI=1S/C18H25N5O/c1-3-22-11-13-23(14-12-22)17-9-10-19-18(21-17)20-15-5-7-16(8-6-15)24-4-2/h5-10H,3-4,11-14H2,1-2H3,(H,19,20,21). The average molecular weight is 327 g/mol. The Hall–Kier alpha value is -2.34. The Bertz CT molecular complexity index is 638. The Morgan fingerprint density at radius 1 is 1.04 bits per heavy atom. The molecule has 6 nitrogen and oxygen atoms in total. The number of piperazine rings is 1. The fraction of sp³-hybridized carbons (Fsp3) is 0.444. The van der Waals surface area contributed by atoms with Crippen LogP contribution in [0.5, 0.6) is 5.75 Å². The van der Waals surface area contributed by atoms with Crippen molar-refractivity contribution >= 4 is 17.5 Å². The van der Waals surface area contributed by atoms with Crippen molar-refractivity contribution in [2.75, 3.05) is 49.5 Å². The minimum atomic E-state index is 0.620. The fourth-order valence-electron chi connectivity index (χ4n) is 2.81. The van der Waals surface area contributed by atoms with Crippen molar-refractivity contribution in [2.24, 2.45) is 0 Å². The molecule has 1 aliphatic rings. The Labute approximate surface area is 143 Å². The molecule has 0 amide bonds. The fourth-order valence-corrected chi connectivity index (χ4v) is 2.81. The van der Waals surface area contributed by atoms with Gasteiger partial charge in [-0.15, -0.1) is 0 Å². The van der Waals surface area contributed by atoms with Gasteiger partial charge >= 0.3 is 0 Å². The lowest BCUT2D eigenvalue weighted by atomic mass is 10.3. The molecule has 6 heteroatoms. The summed E-state index contributed by atoms with van der Waals surface area (Å²) in [5.74, 6) is 2.47. The summed E-state index contributed by atoms with van der Waals surface area (Å²) >= 11 is 0. The monoisotopic (exact) mass is 327 g/mol. The van der Waals surface area contributed by atoms with E-state index in [9.17, 15) is 0 Å². The molecule has 0 bridgehead atoms. The van der Waals surface area contributed by atoms with Crippen molar-refractivity contribution in [1.29, 1.82) is 0 Å². The van der Waals surface area contributed by atoms with E-state index in [1.165, 1.54) is 0 Å². The maximum absolute atomic E-state index is 5.46. The Kier molecular flexibility index (Phi) is 5.48. The zero-order valence-corrected chi connectivity index (χ0v) is 14.4. The SMILES string of the molecule is CCOc1ccc(Nc2nccc(N3CCN(CC)CC3)n2)cc1. The van der Waals surface area contributed by atoms with Gasteiger partial charge in [-0.25, -0.2) is 4.98 Å². The van der Waals surface area contributed by atoms with Gasteiger partial charge in [0.25, 0.3) is 0 Å². The highest BCUT2D eigenvalue weighted by Crippen LogP contribution is 2.20. The highest BCUT2D eigenvalue weighted by atomic mass is 16.5. The molecule has 2 heterocycles. The maximum Gasteiger partial charge on any atom is 0.229 e. The number of ether oxygens (including phenoxy) is 1. The van der Waals surface area contributed by atoms with Crippen LogP contribution in [-0.4, -0.2) is 54.2 Å². The Morgan fingerprint density at radius 3 is 2.46 bits per heavy atom. The Balaban J connectivity index is 1.65. The van der Waals surface area contributed by atoms with Gasteiger partial charge in [0.2, 0.25) is 5.95 Å². The van der Waals surface area contributed by atoms with Crippen molar-refractivity contribution in [1.82, 2.24) is 14.9 Å². The minimum Gasteiger partial charge on any atom is -0.494 e. The predicted molar refractivity (Wildman–Crippen MR) is 97.3 cm³/mol. The molecule has 1 aliphatic heterocycles. The van der Waals surface area contributed by atoms with E-state index in [0.717, 1.165) is 50.0 Å². The lowest BCUT2D eigenvalue weighted by Crippen LogP contribution is -2.46. The van der Waals surface area contributed by atoms with Crippen LogP contribution in [0.15, 0.2) is 36.5 Å². The van der Waals surface area contributed by atoms with Crippen LogP contribution < -0.4 is 15.0 Å². The number of aromatic nitrogens is 2. The first-order chi connectivity index (χ1) is 11.8. The zero-order chi connectivity index (χ0) is 16.8. The van der Waals surface area contributed by atoms with Crippen LogP contribution in [-0.2, 0) is 0 Å². The van der Waals surface area contributed by atoms with Gasteiger partial charge in [0.1, 0.15) is 11.6 Å². The first-order valence-corrected chi connectivity index (χ1v) is 8.58. The van der Waals surface area contributed by atoms with E-state index in [2.05, 4.69) is 32.0 Å². The molecule has 1 aromatic heterocycles. The van der Waals surface area contributed by atoms with Gasteiger partial charge < -0.3 is 19.9 Å². The molecule has 128 valence electrons. The van der Waals surface area contributed by atoms with Crippen molar-refractivity contribution in [3.05, 3.63) is 36.5 Å². The van der Waals surface area contributed by atoms with Crippen molar-refractivity contribution < 1.29 is 4.74 Å². The van der Waals surface area contributed by atoms with Crippen LogP contribution in [0.1, 0.15) is 13.8 Å². The van der Waals surface area contributed by atoms with Crippen LogP contribution in [0.2, 0.25) is 0 Å². The second kappa shape index (κ2) is 7.97. The largest absolute Gasteiger partial charge is 0.494 e. The second-order valence-corrected chi connectivity index (χ2v) is 5.74. The molecule has 0 aliphatic carbocycles. The molecule has 0 spiro atoms. The summed E-state index contributed by atoms with van der Waals surface area (Å²) in [6, 6.07) is 9.81. The lowest BCUT2D eigenvalue weighted by Gasteiger charge is -2.34. The van der Waals surface area contributed by atoms with Gasteiger partial charge in [0.15, 0.2) is 0 Å². The zero-order valence-electron chi connectivity index (χ0n) is 14.4. The third kappa shape index (κ3) is 4.14. The first kappa shape index (κ1) is 16.5.